The molecule has 2 aromatic carbocycles. The summed E-state index contributed by atoms with van der Waals surface area (Å²) >= 11 is 12.2. The number of carbonyl (C=O) groups excluding carboxylic acids is 2. The van der Waals surface area contributed by atoms with Crippen molar-refractivity contribution in [2.75, 3.05) is 37.7 Å². The van der Waals surface area contributed by atoms with Crippen LogP contribution in [0, 0.1) is 0 Å². The lowest BCUT2D eigenvalue weighted by Gasteiger charge is -2.37. The number of benzene rings is 2. The normalized spacial score (nSPS) is 16.0. The van der Waals surface area contributed by atoms with Gasteiger partial charge in [0.15, 0.2) is 0 Å². The van der Waals surface area contributed by atoms with E-state index < -0.39 is 10.8 Å². The summed E-state index contributed by atoms with van der Waals surface area (Å²) in [6.07, 6.45) is 0.307. The summed E-state index contributed by atoms with van der Waals surface area (Å²) in [5.41, 5.74) is 0.378. The van der Waals surface area contributed by atoms with Gasteiger partial charge in [0.05, 0.1) is 36.3 Å². The number of rotatable bonds is 5. The molecule has 1 amide bonds. The van der Waals surface area contributed by atoms with E-state index in [1.807, 2.05) is 30.9 Å². The van der Waals surface area contributed by atoms with Gasteiger partial charge in [-0.05, 0) is 69.5 Å². The monoisotopic (exact) mass is 596 g/mol. The van der Waals surface area contributed by atoms with Gasteiger partial charge in [-0.1, -0.05) is 47.5 Å². The molecular formula is C31H34Cl2N4O4. The molecule has 0 aliphatic carbocycles. The van der Waals surface area contributed by atoms with Crippen LogP contribution >= 0.6 is 23.2 Å². The van der Waals surface area contributed by atoms with E-state index in [1.165, 1.54) is 4.57 Å². The largest absolute Gasteiger partial charge is 0.378 e. The van der Waals surface area contributed by atoms with Gasteiger partial charge in [0.1, 0.15) is 0 Å². The zero-order valence-corrected chi connectivity index (χ0v) is 25.3. The first-order valence-corrected chi connectivity index (χ1v) is 14.5. The number of anilines is 1. The van der Waals surface area contributed by atoms with E-state index in [1.54, 1.807) is 55.1 Å². The number of halogens is 2. The Hall–Kier alpha value is -3.20. The molecule has 0 saturated carbocycles. The third kappa shape index (κ3) is 5.53. The van der Waals surface area contributed by atoms with Crippen molar-refractivity contribution >= 4 is 41.0 Å². The maximum absolute atomic E-state index is 14.2. The van der Waals surface area contributed by atoms with Crippen LogP contribution in [0.4, 0.5) is 5.95 Å². The SMILES string of the molecule is CC(C)(C(=O)N1CCc2c(nc(N3CCOCC3)n(C(=O)C(C)(C)c3ccc(Cl)cc3)c2=O)C1)c1ccc(Cl)cc1. The quantitative estimate of drug-likeness (QED) is 0.418. The zero-order valence-electron chi connectivity index (χ0n) is 23.7. The smallest absolute Gasteiger partial charge is 0.265 e. The molecule has 1 fully saturated rings. The highest BCUT2D eigenvalue weighted by Crippen LogP contribution is 2.31. The van der Waals surface area contributed by atoms with Crippen LogP contribution in [-0.2, 0) is 33.3 Å². The summed E-state index contributed by atoms with van der Waals surface area (Å²) in [7, 11) is 0. The van der Waals surface area contributed by atoms with Crippen molar-refractivity contribution < 1.29 is 14.3 Å². The number of amides is 1. The maximum atomic E-state index is 14.2. The van der Waals surface area contributed by atoms with Gasteiger partial charge < -0.3 is 14.5 Å². The number of carbonyl (C=O) groups is 2. The molecule has 2 aliphatic rings. The predicted molar refractivity (Wildman–Crippen MR) is 160 cm³/mol. The lowest BCUT2D eigenvalue weighted by Crippen LogP contribution is -2.50. The van der Waals surface area contributed by atoms with E-state index in [9.17, 15) is 14.4 Å². The van der Waals surface area contributed by atoms with Gasteiger partial charge >= 0.3 is 0 Å². The van der Waals surface area contributed by atoms with Gasteiger partial charge in [0.25, 0.3) is 5.56 Å². The van der Waals surface area contributed by atoms with Crippen molar-refractivity contribution in [2.24, 2.45) is 0 Å². The summed E-state index contributed by atoms with van der Waals surface area (Å²) in [5.74, 6) is -0.149. The molecular weight excluding hydrogens is 563 g/mol. The molecule has 216 valence electrons. The topological polar surface area (TPSA) is 84.7 Å². The fraction of sp³-hybridized carbons (Fsp3) is 0.419. The number of ether oxygens (including phenoxy) is 1. The van der Waals surface area contributed by atoms with Crippen LogP contribution in [0.2, 0.25) is 10.0 Å². The highest BCUT2D eigenvalue weighted by atomic mass is 35.5. The van der Waals surface area contributed by atoms with E-state index in [0.717, 1.165) is 11.1 Å². The Morgan fingerprint density at radius 1 is 0.805 bits per heavy atom. The predicted octanol–water partition coefficient (Wildman–Crippen LogP) is 4.87. The summed E-state index contributed by atoms with van der Waals surface area (Å²) < 4.78 is 6.76. The summed E-state index contributed by atoms with van der Waals surface area (Å²) in [6.45, 7) is 9.81. The average molecular weight is 598 g/mol. The van der Waals surface area contributed by atoms with Crippen LogP contribution in [0.1, 0.15) is 54.9 Å². The van der Waals surface area contributed by atoms with Crippen LogP contribution in [0.25, 0.3) is 0 Å². The van der Waals surface area contributed by atoms with E-state index in [0.29, 0.717) is 60.6 Å². The lowest BCUT2D eigenvalue weighted by molar-refractivity contribution is -0.137. The van der Waals surface area contributed by atoms with Gasteiger partial charge in [-0.15, -0.1) is 0 Å². The van der Waals surface area contributed by atoms with Crippen molar-refractivity contribution in [2.45, 2.75) is 51.5 Å². The lowest BCUT2D eigenvalue weighted by atomic mass is 9.82. The Kier molecular flexibility index (Phi) is 8.03. The van der Waals surface area contributed by atoms with E-state index in [2.05, 4.69) is 0 Å². The van der Waals surface area contributed by atoms with Crippen molar-refractivity contribution in [3.63, 3.8) is 0 Å². The Balaban J connectivity index is 1.54. The first-order valence-electron chi connectivity index (χ1n) is 13.7. The number of hydrogen-bond acceptors (Lipinski definition) is 6. The van der Waals surface area contributed by atoms with Gasteiger partial charge in [0.2, 0.25) is 17.8 Å². The number of morpholine rings is 1. The Labute approximate surface area is 249 Å². The fourth-order valence-corrected chi connectivity index (χ4v) is 5.71. The Bertz CT molecular complexity index is 1530. The number of fused-ring (bicyclic) bond motifs is 1. The average Bonchev–Trinajstić information content (AvgIpc) is 2.97. The van der Waals surface area contributed by atoms with Crippen molar-refractivity contribution in [3.8, 4) is 0 Å². The third-order valence-electron chi connectivity index (χ3n) is 8.20. The second-order valence-corrected chi connectivity index (χ2v) is 12.5. The number of hydrogen-bond donors (Lipinski definition) is 0. The Morgan fingerprint density at radius 3 is 1.85 bits per heavy atom. The first kappa shape index (κ1) is 29.3. The molecule has 5 rings (SSSR count). The fourth-order valence-electron chi connectivity index (χ4n) is 5.46. The van der Waals surface area contributed by atoms with Gasteiger partial charge in [-0.3, -0.25) is 14.4 Å². The highest BCUT2D eigenvalue weighted by Gasteiger charge is 2.39. The molecule has 1 saturated heterocycles. The minimum absolute atomic E-state index is 0.0654. The first-order chi connectivity index (χ1) is 19.4. The second-order valence-electron chi connectivity index (χ2n) is 11.6. The van der Waals surface area contributed by atoms with Crippen LogP contribution < -0.4 is 10.5 Å². The molecule has 3 aromatic rings. The van der Waals surface area contributed by atoms with E-state index in [-0.39, 0.29) is 29.9 Å². The molecule has 0 radical (unpaired) electrons. The molecule has 0 spiro atoms. The van der Waals surface area contributed by atoms with Gasteiger partial charge in [-0.25, -0.2) is 9.55 Å². The number of aromatic nitrogens is 2. The standard InChI is InChI=1S/C31H34Cl2N4O4/c1-30(2,20-5-9-22(32)10-6-20)27(39)36-14-13-24-25(19-36)34-29(35-15-17-41-18-16-35)37(26(24)38)28(40)31(3,4)21-7-11-23(33)12-8-21/h5-12H,13-19H2,1-4H3. The molecule has 0 unspecified atom stereocenters. The molecule has 0 atom stereocenters. The zero-order chi connectivity index (χ0) is 29.5. The van der Waals surface area contributed by atoms with Gasteiger partial charge in [0, 0.05) is 35.2 Å². The van der Waals surface area contributed by atoms with Crippen LogP contribution in [0.3, 0.4) is 0 Å². The molecule has 41 heavy (non-hydrogen) atoms. The number of nitrogens with zero attached hydrogens (tertiary/aromatic N) is 4. The molecule has 0 bridgehead atoms. The summed E-state index contributed by atoms with van der Waals surface area (Å²) in [5, 5.41) is 1.17. The highest BCUT2D eigenvalue weighted by molar-refractivity contribution is 6.30. The van der Waals surface area contributed by atoms with Crippen LogP contribution in [-0.4, -0.2) is 59.1 Å². The van der Waals surface area contributed by atoms with Crippen LogP contribution in [0.5, 0.6) is 0 Å². The Morgan fingerprint density at radius 2 is 1.32 bits per heavy atom. The second kappa shape index (κ2) is 11.2. The summed E-state index contributed by atoms with van der Waals surface area (Å²) in [4.78, 5) is 50.6. The van der Waals surface area contributed by atoms with Crippen LogP contribution in [0.15, 0.2) is 53.3 Å². The third-order valence-corrected chi connectivity index (χ3v) is 8.71. The van der Waals surface area contributed by atoms with Crippen molar-refractivity contribution in [1.29, 1.82) is 0 Å². The molecule has 1 aromatic heterocycles. The molecule has 0 N–H and O–H groups in total. The van der Waals surface area contributed by atoms with Crippen molar-refractivity contribution in [1.82, 2.24) is 14.5 Å². The summed E-state index contributed by atoms with van der Waals surface area (Å²) in [6, 6.07) is 14.4. The van der Waals surface area contributed by atoms with E-state index >= 15 is 0 Å². The molecule has 8 nitrogen and oxygen atoms in total. The molecule has 3 heterocycles. The molecule has 10 heteroatoms. The van der Waals surface area contributed by atoms with E-state index in [4.69, 9.17) is 32.9 Å². The van der Waals surface area contributed by atoms with Gasteiger partial charge in [-0.2, -0.15) is 0 Å². The minimum Gasteiger partial charge on any atom is -0.378 e. The minimum atomic E-state index is -1.02. The maximum Gasteiger partial charge on any atom is 0.265 e. The van der Waals surface area contributed by atoms with Crippen molar-refractivity contribution in [3.05, 3.63) is 91.3 Å². The molecule has 2 aliphatic heterocycles.